The molecule has 0 aliphatic heterocycles. The maximum absolute atomic E-state index is 8.82. The molecule has 5 heteroatoms. The minimum atomic E-state index is 0.246. The van der Waals surface area contributed by atoms with Gasteiger partial charge in [-0.25, -0.2) is 0 Å². The van der Waals surface area contributed by atoms with Crippen molar-refractivity contribution in [3.63, 3.8) is 0 Å². The molecule has 0 aromatic carbocycles. The Bertz CT molecular complexity index is 352. The van der Waals surface area contributed by atoms with E-state index in [2.05, 4.69) is 24.3 Å². The SMILES string of the molecule is CCn1nc(C)c(Cl)c1CNCC(C)CCO. The lowest BCUT2D eigenvalue weighted by molar-refractivity contribution is 0.260. The second-order valence-electron chi connectivity index (χ2n) is 4.41. The lowest BCUT2D eigenvalue weighted by Gasteiger charge is -2.12. The van der Waals surface area contributed by atoms with Gasteiger partial charge in [0.15, 0.2) is 0 Å². The molecule has 98 valence electrons. The van der Waals surface area contributed by atoms with Crippen LogP contribution in [0.2, 0.25) is 5.02 Å². The molecule has 0 saturated carbocycles. The monoisotopic (exact) mass is 259 g/mol. The average molecular weight is 260 g/mol. The van der Waals surface area contributed by atoms with Gasteiger partial charge >= 0.3 is 0 Å². The van der Waals surface area contributed by atoms with Crippen molar-refractivity contribution in [1.29, 1.82) is 0 Å². The molecule has 0 aliphatic carbocycles. The fourth-order valence-electron chi connectivity index (χ4n) is 1.80. The number of aliphatic hydroxyl groups is 1. The summed E-state index contributed by atoms with van der Waals surface area (Å²) in [5.41, 5.74) is 1.93. The molecule has 1 atom stereocenters. The van der Waals surface area contributed by atoms with Crippen molar-refractivity contribution >= 4 is 11.6 Å². The Morgan fingerprint density at radius 3 is 2.82 bits per heavy atom. The van der Waals surface area contributed by atoms with Gasteiger partial charge in [-0.1, -0.05) is 18.5 Å². The van der Waals surface area contributed by atoms with Gasteiger partial charge in [0, 0.05) is 19.7 Å². The van der Waals surface area contributed by atoms with E-state index in [-0.39, 0.29) is 6.61 Å². The largest absolute Gasteiger partial charge is 0.396 e. The predicted octanol–water partition coefficient (Wildman–Crippen LogP) is 1.97. The number of nitrogens with zero attached hydrogens (tertiary/aromatic N) is 2. The molecule has 0 saturated heterocycles. The number of nitrogens with one attached hydrogen (secondary N) is 1. The minimum absolute atomic E-state index is 0.246. The van der Waals surface area contributed by atoms with E-state index >= 15 is 0 Å². The zero-order valence-corrected chi connectivity index (χ0v) is 11.6. The third-order valence-corrected chi connectivity index (χ3v) is 3.35. The van der Waals surface area contributed by atoms with Crippen LogP contribution in [0.3, 0.4) is 0 Å². The molecule has 4 nitrogen and oxygen atoms in total. The van der Waals surface area contributed by atoms with Gasteiger partial charge in [-0.2, -0.15) is 5.10 Å². The zero-order chi connectivity index (χ0) is 12.8. The summed E-state index contributed by atoms with van der Waals surface area (Å²) in [6, 6.07) is 0. The van der Waals surface area contributed by atoms with E-state index in [9.17, 15) is 0 Å². The zero-order valence-electron chi connectivity index (χ0n) is 10.8. The summed E-state index contributed by atoms with van der Waals surface area (Å²) in [5, 5.41) is 17.3. The molecule has 2 N–H and O–H groups in total. The number of aliphatic hydroxyl groups excluding tert-OH is 1. The highest BCUT2D eigenvalue weighted by Gasteiger charge is 2.12. The van der Waals surface area contributed by atoms with E-state index in [0.29, 0.717) is 5.92 Å². The molecule has 0 fully saturated rings. The highest BCUT2D eigenvalue weighted by molar-refractivity contribution is 6.31. The van der Waals surface area contributed by atoms with Crippen LogP contribution in [-0.4, -0.2) is 28.0 Å². The quantitative estimate of drug-likeness (QED) is 0.787. The van der Waals surface area contributed by atoms with E-state index < -0.39 is 0 Å². The molecule has 1 aromatic heterocycles. The van der Waals surface area contributed by atoms with Crippen LogP contribution in [0.1, 0.15) is 31.7 Å². The lowest BCUT2D eigenvalue weighted by atomic mass is 10.1. The summed E-state index contributed by atoms with van der Waals surface area (Å²) in [6.07, 6.45) is 0.826. The molecule has 0 bridgehead atoms. The highest BCUT2D eigenvalue weighted by atomic mass is 35.5. The lowest BCUT2D eigenvalue weighted by Crippen LogP contribution is -2.23. The van der Waals surface area contributed by atoms with Crippen molar-refractivity contribution in [1.82, 2.24) is 15.1 Å². The fourth-order valence-corrected chi connectivity index (χ4v) is 2.00. The van der Waals surface area contributed by atoms with Gasteiger partial charge in [0.1, 0.15) is 0 Å². The van der Waals surface area contributed by atoms with Crippen LogP contribution in [-0.2, 0) is 13.1 Å². The normalized spacial score (nSPS) is 13.0. The second kappa shape index (κ2) is 6.99. The van der Waals surface area contributed by atoms with Crippen LogP contribution in [0, 0.1) is 12.8 Å². The van der Waals surface area contributed by atoms with Gasteiger partial charge in [0.05, 0.1) is 16.4 Å². The molecular formula is C12H22ClN3O. The molecule has 1 aromatic rings. The summed E-state index contributed by atoms with van der Waals surface area (Å²) < 4.78 is 1.93. The Hall–Kier alpha value is -0.580. The van der Waals surface area contributed by atoms with Crippen LogP contribution in [0.5, 0.6) is 0 Å². The van der Waals surface area contributed by atoms with E-state index in [1.165, 1.54) is 0 Å². The van der Waals surface area contributed by atoms with Crippen LogP contribution < -0.4 is 5.32 Å². The second-order valence-corrected chi connectivity index (χ2v) is 4.79. The Morgan fingerprint density at radius 1 is 1.53 bits per heavy atom. The van der Waals surface area contributed by atoms with Crippen LogP contribution in [0.4, 0.5) is 0 Å². The molecular weight excluding hydrogens is 238 g/mol. The van der Waals surface area contributed by atoms with Gasteiger partial charge in [0.25, 0.3) is 0 Å². The number of hydrogen-bond donors (Lipinski definition) is 2. The van der Waals surface area contributed by atoms with Crippen molar-refractivity contribution in [3.05, 3.63) is 16.4 Å². The Balaban J connectivity index is 2.51. The van der Waals surface area contributed by atoms with E-state index in [1.54, 1.807) is 0 Å². The van der Waals surface area contributed by atoms with Gasteiger partial charge in [-0.15, -0.1) is 0 Å². The molecule has 0 amide bonds. The third kappa shape index (κ3) is 3.98. The van der Waals surface area contributed by atoms with Crippen molar-refractivity contribution in [2.24, 2.45) is 5.92 Å². The van der Waals surface area contributed by atoms with Gasteiger partial charge < -0.3 is 10.4 Å². The van der Waals surface area contributed by atoms with E-state index in [1.807, 2.05) is 11.6 Å². The number of aryl methyl sites for hydroxylation is 2. The molecule has 1 rings (SSSR count). The summed E-state index contributed by atoms with van der Waals surface area (Å²) >= 11 is 6.21. The average Bonchev–Trinajstić information content (AvgIpc) is 2.57. The number of rotatable bonds is 7. The van der Waals surface area contributed by atoms with Gasteiger partial charge in [-0.05, 0) is 32.7 Å². The maximum Gasteiger partial charge on any atom is 0.0860 e. The fraction of sp³-hybridized carbons (Fsp3) is 0.750. The Labute approximate surface area is 108 Å². The summed E-state index contributed by atoms with van der Waals surface area (Å²) in [6.45, 7) is 8.78. The van der Waals surface area contributed by atoms with E-state index in [0.717, 1.165) is 42.5 Å². The van der Waals surface area contributed by atoms with Gasteiger partial charge in [0.2, 0.25) is 0 Å². The first-order chi connectivity index (χ1) is 8.10. The smallest absolute Gasteiger partial charge is 0.0860 e. The molecule has 0 spiro atoms. The first-order valence-electron chi connectivity index (χ1n) is 6.13. The van der Waals surface area contributed by atoms with Gasteiger partial charge in [-0.3, -0.25) is 4.68 Å². The topological polar surface area (TPSA) is 50.1 Å². The number of halogens is 1. The molecule has 1 heterocycles. The first kappa shape index (κ1) is 14.5. The summed E-state index contributed by atoms with van der Waals surface area (Å²) in [7, 11) is 0. The van der Waals surface area contributed by atoms with Crippen molar-refractivity contribution in [2.45, 2.75) is 40.3 Å². The molecule has 1 unspecified atom stereocenters. The highest BCUT2D eigenvalue weighted by Crippen LogP contribution is 2.19. The maximum atomic E-state index is 8.82. The Kier molecular flexibility index (Phi) is 5.95. The third-order valence-electron chi connectivity index (χ3n) is 2.86. The number of aromatic nitrogens is 2. The number of hydrogen-bond acceptors (Lipinski definition) is 3. The van der Waals surface area contributed by atoms with E-state index in [4.69, 9.17) is 16.7 Å². The molecule has 0 radical (unpaired) electrons. The summed E-state index contributed by atoms with van der Waals surface area (Å²) in [4.78, 5) is 0. The predicted molar refractivity (Wildman–Crippen MR) is 70.2 cm³/mol. The molecule has 0 aliphatic rings. The summed E-state index contributed by atoms with van der Waals surface area (Å²) in [5.74, 6) is 0.470. The standard InChI is InChI=1S/C12H22ClN3O/c1-4-16-11(12(13)10(3)15-16)8-14-7-9(2)5-6-17/h9,14,17H,4-8H2,1-3H3. The first-order valence-corrected chi connectivity index (χ1v) is 6.51. The Morgan fingerprint density at radius 2 is 2.24 bits per heavy atom. The van der Waals surface area contributed by atoms with Crippen molar-refractivity contribution in [2.75, 3.05) is 13.2 Å². The van der Waals surface area contributed by atoms with Crippen LogP contribution in [0.15, 0.2) is 0 Å². The van der Waals surface area contributed by atoms with Crippen LogP contribution in [0.25, 0.3) is 0 Å². The van der Waals surface area contributed by atoms with Crippen molar-refractivity contribution < 1.29 is 5.11 Å². The van der Waals surface area contributed by atoms with Crippen molar-refractivity contribution in [3.8, 4) is 0 Å². The minimum Gasteiger partial charge on any atom is -0.396 e. The van der Waals surface area contributed by atoms with Crippen LogP contribution >= 0.6 is 11.6 Å². The molecule has 17 heavy (non-hydrogen) atoms.